The first-order valence-electron chi connectivity index (χ1n) is 13.0. The van der Waals surface area contributed by atoms with Crippen molar-refractivity contribution in [2.24, 2.45) is 7.05 Å². The normalized spacial score (nSPS) is 11.9. The number of fused-ring (bicyclic) bond motifs is 1. The fourth-order valence-corrected chi connectivity index (χ4v) is 5.93. The van der Waals surface area contributed by atoms with Gasteiger partial charge < -0.3 is 20.3 Å². The molecule has 4 rings (SSSR count). The fraction of sp³-hybridized carbons (Fsp3) is 0.241. The van der Waals surface area contributed by atoms with Gasteiger partial charge in [0.2, 0.25) is 16.3 Å². The highest BCUT2D eigenvalue weighted by Crippen LogP contribution is 2.28. The molecule has 0 spiro atoms. The van der Waals surface area contributed by atoms with E-state index in [1.165, 1.54) is 13.2 Å². The van der Waals surface area contributed by atoms with Crippen LogP contribution in [0, 0.1) is 32.4 Å². The van der Waals surface area contributed by atoms with Gasteiger partial charge in [-0.1, -0.05) is 23.8 Å². The van der Waals surface area contributed by atoms with Gasteiger partial charge in [0, 0.05) is 31.5 Å². The van der Waals surface area contributed by atoms with Gasteiger partial charge in [-0.2, -0.15) is 0 Å². The van der Waals surface area contributed by atoms with Crippen LogP contribution in [0.25, 0.3) is 10.9 Å². The van der Waals surface area contributed by atoms with Gasteiger partial charge in [0.1, 0.15) is 17.2 Å². The molecule has 3 N–H and O–H groups in total. The molecule has 1 atom stereocenters. The summed E-state index contributed by atoms with van der Waals surface area (Å²) in [6.07, 6.45) is 2.56. The van der Waals surface area contributed by atoms with Gasteiger partial charge in [0.25, 0.3) is 5.91 Å². The number of hydrogen-bond donors (Lipinski definition) is 4. The van der Waals surface area contributed by atoms with Crippen LogP contribution in [0.3, 0.4) is 0 Å². The van der Waals surface area contributed by atoms with Crippen molar-refractivity contribution in [3.8, 4) is 0 Å². The highest BCUT2D eigenvalue weighted by atomic mass is 32.2. The van der Waals surface area contributed by atoms with Crippen LogP contribution in [0.5, 0.6) is 0 Å². The number of carboxylic acids is 1. The topological polar surface area (TPSA) is 151 Å². The Hall–Kier alpha value is -4.85. The summed E-state index contributed by atoms with van der Waals surface area (Å²) < 4.78 is 56.9. The number of rotatable bonds is 10. The molecule has 1 amide bonds. The lowest BCUT2D eigenvalue weighted by Crippen LogP contribution is -2.49. The standard InChI is InChI=1S/C29H29F2N5O6S/c1-15-9-16(2)25(17(3)10-15)36(43(41)42)22(29(39)40)13-34-28(38)20-14-35(4)26-18(27(20)37)11-21(30)19(24(26)31)12-33-23-7-5-6-8-32-23/h5-11,14,22,43H,12-13H2,1-4H3,(H,32,33)(H,34,38)(H,39,40). The van der Waals surface area contributed by atoms with Crippen LogP contribution in [0.15, 0.2) is 53.6 Å². The van der Waals surface area contributed by atoms with Gasteiger partial charge in [-0.25, -0.2) is 27.0 Å². The van der Waals surface area contributed by atoms with Gasteiger partial charge in [-0.05, 0) is 50.1 Å². The molecule has 2 aromatic heterocycles. The van der Waals surface area contributed by atoms with Gasteiger partial charge in [-0.3, -0.25) is 13.9 Å². The van der Waals surface area contributed by atoms with Crippen LogP contribution in [0.4, 0.5) is 20.3 Å². The molecular weight excluding hydrogens is 584 g/mol. The molecule has 0 radical (unpaired) electrons. The van der Waals surface area contributed by atoms with Crippen LogP contribution in [-0.2, 0) is 29.3 Å². The van der Waals surface area contributed by atoms with E-state index >= 15 is 8.78 Å². The Bertz CT molecular complexity index is 1850. The summed E-state index contributed by atoms with van der Waals surface area (Å²) in [5, 5.41) is 14.6. The second kappa shape index (κ2) is 12.6. The number of thiol groups is 1. The summed E-state index contributed by atoms with van der Waals surface area (Å²) >= 11 is 0. The number of pyridine rings is 2. The monoisotopic (exact) mass is 613 g/mol. The number of aromatic nitrogens is 2. The first-order valence-corrected chi connectivity index (χ1v) is 14.1. The van der Waals surface area contributed by atoms with Crippen molar-refractivity contribution in [2.45, 2.75) is 33.4 Å². The number of halogens is 2. The number of nitrogens with zero attached hydrogens (tertiary/aromatic N) is 3. The number of hydrogen-bond acceptors (Lipinski definition) is 7. The molecule has 0 fully saturated rings. The Balaban J connectivity index is 1.65. The molecule has 1 unspecified atom stereocenters. The number of amides is 1. The van der Waals surface area contributed by atoms with Crippen LogP contribution < -0.4 is 20.4 Å². The summed E-state index contributed by atoms with van der Waals surface area (Å²) in [5.41, 5.74) is -0.0738. The van der Waals surface area contributed by atoms with Crippen LogP contribution in [0.1, 0.15) is 32.6 Å². The maximum atomic E-state index is 15.5. The summed E-state index contributed by atoms with van der Waals surface area (Å²) in [5.74, 6) is -4.23. The van der Waals surface area contributed by atoms with Crippen LogP contribution >= 0.6 is 0 Å². The number of aliphatic carboxylic acids is 1. The highest BCUT2D eigenvalue weighted by molar-refractivity contribution is 7.74. The van der Waals surface area contributed by atoms with Crippen molar-refractivity contribution < 1.29 is 31.9 Å². The highest BCUT2D eigenvalue weighted by Gasteiger charge is 2.31. The first kappa shape index (κ1) is 31.1. The fourth-order valence-electron chi connectivity index (χ4n) is 5.05. The van der Waals surface area contributed by atoms with E-state index < -0.39 is 63.4 Å². The van der Waals surface area contributed by atoms with Gasteiger partial charge in [0.15, 0.2) is 11.9 Å². The summed E-state index contributed by atoms with van der Waals surface area (Å²) in [4.78, 5) is 42.5. The van der Waals surface area contributed by atoms with Crippen molar-refractivity contribution in [1.82, 2.24) is 14.9 Å². The van der Waals surface area contributed by atoms with E-state index in [1.807, 2.05) is 6.92 Å². The van der Waals surface area contributed by atoms with Crippen molar-refractivity contribution >= 4 is 45.2 Å². The minimum absolute atomic E-state index is 0.157. The van der Waals surface area contributed by atoms with E-state index in [9.17, 15) is 27.9 Å². The summed E-state index contributed by atoms with van der Waals surface area (Å²) in [6, 6.07) is 7.47. The molecule has 4 aromatic rings. The largest absolute Gasteiger partial charge is 0.480 e. The maximum Gasteiger partial charge on any atom is 0.329 e. The third-order valence-corrected chi connectivity index (χ3v) is 7.72. The number of nitrogens with one attached hydrogen (secondary N) is 2. The van der Waals surface area contributed by atoms with E-state index in [-0.39, 0.29) is 23.3 Å². The third-order valence-electron chi connectivity index (χ3n) is 6.88. The Morgan fingerprint density at radius 3 is 2.37 bits per heavy atom. The summed E-state index contributed by atoms with van der Waals surface area (Å²) in [6.45, 7) is 4.11. The SMILES string of the molecule is Cc1cc(C)c(N(C(CNC(=O)c2cn(C)c3c(F)c(CNc4ccccn4)c(F)cc3c2=O)C(=O)O)[SH](=O)=O)c(C)c1. The average Bonchev–Trinajstić information content (AvgIpc) is 2.93. The van der Waals surface area contributed by atoms with Crippen molar-refractivity contribution in [3.63, 3.8) is 0 Å². The lowest BCUT2D eigenvalue weighted by Gasteiger charge is -2.28. The van der Waals surface area contributed by atoms with E-state index in [0.29, 0.717) is 21.2 Å². The minimum atomic E-state index is -3.46. The summed E-state index contributed by atoms with van der Waals surface area (Å²) in [7, 11) is -2.10. The molecule has 43 heavy (non-hydrogen) atoms. The molecule has 0 saturated carbocycles. The zero-order chi connectivity index (χ0) is 31.6. The van der Waals surface area contributed by atoms with Crippen molar-refractivity contribution in [3.05, 3.63) is 98.5 Å². The number of carbonyl (C=O) groups is 2. The Labute approximate surface area is 246 Å². The quantitative estimate of drug-likeness (QED) is 0.200. The number of benzene rings is 2. The second-order valence-corrected chi connectivity index (χ2v) is 10.9. The third kappa shape index (κ3) is 6.33. The molecular formula is C29H29F2N5O6S. The second-order valence-electron chi connectivity index (χ2n) is 9.99. The van der Waals surface area contributed by atoms with Gasteiger partial charge in [0.05, 0.1) is 23.1 Å². The Kier molecular flexibility index (Phi) is 9.09. The molecule has 14 heteroatoms. The first-order chi connectivity index (χ1) is 20.3. The van der Waals surface area contributed by atoms with E-state index in [2.05, 4.69) is 15.6 Å². The van der Waals surface area contributed by atoms with E-state index in [0.717, 1.165) is 22.4 Å². The lowest BCUT2D eigenvalue weighted by molar-refractivity contribution is -0.138. The molecule has 11 nitrogen and oxygen atoms in total. The van der Waals surface area contributed by atoms with E-state index in [1.54, 1.807) is 44.2 Å². The molecule has 2 heterocycles. The minimum Gasteiger partial charge on any atom is -0.480 e. The predicted octanol–water partition coefficient (Wildman–Crippen LogP) is 2.97. The Morgan fingerprint density at radius 1 is 1.12 bits per heavy atom. The maximum absolute atomic E-state index is 15.5. The van der Waals surface area contributed by atoms with Gasteiger partial charge >= 0.3 is 5.97 Å². The number of carboxylic acid groups (broad SMARTS) is 1. The molecule has 0 aliphatic carbocycles. The molecule has 0 aliphatic rings. The number of anilines is 2. The van der Waals surface area contributed by atoms with Crippen molar-refractivity contribution in [2.75, 3.05) is 16.2 Å². The molecule has 226 valence electrons. The Morgan fingerprint density at radius 2 is 1.79 bits per heavy atom. The van der Waals surface area contributed by atoms with E-state index in [4.69, 9.17) is 0 Å². The van der Waals surface area contributed by atoms with Crippen molar-refractivity contribution in [1.29, 1.82) is 0 Å². The molecule has 0 saturated heterocycles. The molecule has 0 aliphatic heterocycles. The smallest absolute Gasteiger partial charge is 0.329 e. The van der Waals surface area contributed by atoms with Gasteiger partial charge in [-0.15, -0.1) is 0 Å². The average molecular weight is 614 g/mol. The zero-order valence-corrected chi connectivity index (χ0v) is 24.5. The predicted molar refractivity (Wildman–Crippen MR) is 158 cm³/mol. The zero-order valence-electron chi connectivity index (χ0n) is 23.6. The molecule has 0 bridgehead atoms. The van der Waals surface area contributed by atoms with Crippen LogP contribution in [-0.4, -0.2) is 47.5 Å². The number of carbonyl (C=O) groups excluding carboxylic acids is 1. The number of aryl methyl sites for hydroxylation is 4. The molecule has 2 aromatic carbocycles. The van der Waals surface area contributed by atoms with Crippen LogP contribution in [0.2, 0.25) is 0 Å². The lowest BCUT2D eigenvalue weighted by atomic mass is 10.0.